The minimum absolute atomic E-state index is 0.0560. The Hall–Kier alpha value is -0.670. The summed E-state index contributed by atoms with van der Waals surface area (Å²) < 4.78 is 13.0. The molecule has 0 saturated heterocycles. The van der Waals surface area contributed by atoms with E-state index in [0.29, 0.717) is 11.2 Å². The molecule has 0 aromatic heterocycles. The monoisotopic (exact) mass is 293 g/mol. The summed E-state index contributed by atoms with van der Waals surface area (Å²) in [5, 5.41) is 0.409. The molecule has 3 heteroatoms. The van der Waals surface area contributed by atoms with Crippen LogP contribution in [0.5, 0.6) is 0 Å². The van der Waals surface area contributed by atoms with Crippen LogP contribution in [0.25, 0.3) is 0 Å². The van der Waals surface area contributed by atoms with Crippen LogP contribution in [0.15, 0.2) is 30.3 Å². The fourth-order valence-electron chi connectivity index (χ4n) is 3.21. The lowest BCUT2D eigenvalue weighted by Gasteiger charge is -2.32. The first-order valence-corrected chi connectivity index (χ1v) is 9.08. The Morgan fingerprint density at radius 1 is 1.10 bits per heavy atom. The van der Waals surface area contributed by atoms with Gasteiger partial charge in [0.05, 0.1) is 5.25 Å². The van der Waals surface area contributed by atoms with Gasteiger partial charge in [0.25, 0.3) is 0 Å². The summed E-state index contributed by atoms with van der Waals surface area (Å²) in [6.45, 7) is 4.29. The SMILES string of the molecule is CC(C)C(C(N)c1ccccc1)S(=O)C1CCCCC1. The second-order valence-corrected chi connectivity index (χ2v) is 8.10. The van der Waals surface area contributed by atoms with Crippen molar-refractivity contribution in [3.8, 4) is 0 Å². The summed E-state index contributed by atoms with van der Waals surface area (Å²) in [5.41, 5.74) is 7.56. The predicted molar refractivity (Wildman–Crippen MR) is 87.0 cm³/mol. The van der Waals surface area contributed by atoms with Crippen LogP contribution in [0, 0.1) is 5.92 Å². The second kappa shape index (κ2) is 7.37. The van der Waals surface area contributed by atoms with Gasteiger partial charge in [0.2, 0.25) is 0 Å². The first-order chi connectivity index (χ1) is 9.61. The molecule has 20 heavy (non-hydrogen) atoms. The average Bonchev–Trinajstić information content (AvgIpc) is 2.48. The molecule has 3 atom stereocenters. The van der Waals surface area contributed by atoms with Crippen molar-refractivity contribution < 1.29 is 4.21 Å². The zero-order valence-electron chi connectivity index (χ0n) is 12.6. The van der Waals surface area contributed by atoms with Crippen molar-refractivity contribution >= 4 is 10.8 Å². The summed E-state index contributed by atoms with van der Waals surface area (Å²) >= 11 is 0. The van der Waals surface area contributed by atoms with E-state index in [-0.39, 0.29) is 11.3 Å². The molecule has 0 bridgehead atoms. The third-order valence-electron chi connectivity index (χ3n) is 4.34. The third-order valence-corrected chi connectivity index (χ3v) is 6.85. The van der Waals surface area contributed by atoms with Gasteiger partial charge in [-0.2, -0.15) is 0 Å². The van der Waals surface area contributed by atoms with E-state index >= 15 is 0 Å². The maximum atomic E-state index is 13.0. The Labute approximate surface area is 125 Å². The van der Waals surface area contributed by atoms with Crippen LogP contribution in [0.2, 0.25) is 0 Å². The topological polar surface area (TPSA) is 43.1 Å². The molecule has 1 aromatic carbocycles. The summed E-state index contributed by atoms with van der Waals surface area (Å²) in [4.78, 5) is 0. The van der Waals surface area contributed by atoms with E-state index in [9.17, 15) is 4.21 Å². The molecule has 1 aliphatic carbocycles. The van der Waals surface area contributed by atoms with Gasteiger partial charge in [-0.25, -0.2) is 0 Å². The van der Waals surface area contributed by atoms with Crippen LogP contribution in [0.3, 0.4) is 0 Å². The molecular weight excluding hydrogens is 266 g/mol. The largest absolute Gasteiger partial charge is 0.323 e. The Morgan fingerprint density at radius 3 is 2.25 bits per heavy atom. The number of hydrogen-bond donors (Lipinski definition) is 1. The fourth-order valence-corrected chi connectivity index (χ4v) is 5.44. The molecule has 0 amide bonds. The van der Waals surface area contributed by atoms with Crippen molar-refractivity contribution in [3.63, 3.8) is 0 Å². The van der Waals surface area contributed by atoms with E-state index in [1.807, 2.05) is 18.2 Å². The van der Waals surface area contributed by atoms with Gasteiger partial charge in [-0.05, 0) is 24.3 Å². The van der Waals surface area contributed by atoms with Crippen molar-refractivity contribution in [2.24, 2.45) is 11.7 Å². The van der Waals surface area contributed by atoms with Crippen molar-refractivity contribution in [3.05, 3.63) is 35.9 Å². The second-order valence-electron chi connectivity index (χ2n) is 6.23. The fraction of sp³-hybridized carbons (Fsp3) is 0.647. The van der Waals surface area contributed by atoms with E-state index in [1.54, 1.807) is 0 Å². The Kier molecular flexibility index (Phi) is 5.79. The van der Waals surface area contributed by atoms with Crippen molar-refractivity contribution in [2.45, 2.75) is 62.5 Å². The quantitative estimate of drug-likeness (QED) is 0.897. The smallest absolute Gasteiger partial charge is 0.0566 e. The standard InChI is InChI=1S/C17H27NOS/c1-13(2)17(16(18)14-9-5-3-6-10-14)20(19)15-11-7-4-8-12-15/h3,5-6,9-10,13,15-17H,4,7-8,11-12,18H2,1-2H3. The summed E-state index contributed by atoms with van der Waals surface area (Å²) in [6.07, 6.45) is 5.96. The highest BCUT2D eigenvalue weighted by Gasteiger charge is 2.33. The van der Waals surface area contributed by atoms with Gasteiger partial charge in [0.15, 0.2) is 0 Å². The van der Waals surface area contributed by atoms with Crippen LogP contribution < -0.4 is 5.73 Å². The van der Waals surface area contributed by atoms with Crippen molar-refractivity contribution in [2.75, 3.05) is 0 Å². The molecule has 0 radical (unpaired) electrons. The van der Waals surface area contributed by atoms with E-state index in [2.05, 4.69) is 26.0 Å². The van der Waals surface area contributed by atoms with Gasteiger partial charge in [0, 0.05) is 22.1 Å². The lowest BCUT2D eigenvalue weighted by molar-refractivity contribution is 0.474. The molecule has 2 rings (SSSR count). The molecule has 1 aliphatic rings. The molecular formula is C17H27NOS. The lowest BCUT2D eigenvalue weighted by Crippen LogP contribution is -2.39. The van der Waals surface area contributed by atoms with E-state index in [4.69, 9.17) is 5.73 Å². The minimum Gasteiger partial charge on any atom is -0.323 e. The van der Waals surface area contributed by atoms with Crippen LogP contribution in [-0.2, 0) is 10.8 Å². The summed E-state index contributed by atoms with van der Waals surface area (Å²) in [5.74, 6) is 0.341. The van der Waals surface area contributed by atoms with E-state index in [1.165, 1.54) is 19.3 Å². The Morgan fingerprint density at radius 2 is 1.70 bits per heavy atom. The molecule has 1 saturated carbocycles. The molecule has 2 N–H and O–H groups in total. The zero-order valence-corrected chi connectivity index (χ0v) is 13.4. The van der Waals surface area contributed by atoms with Gasteiger partial charge in [-0.3, -0.25) is 4.21 Å². The van der Waals surface area contributed by atoms with Crippen molar-refractivity contribution in [1.82, 2.24) is 0 Å². The molecule has 1 aromatic rings. The zero-order chi connectivity index (χ0) is 14.5. The van der Waals surface area contributed by atoms with Crippen LogP contribution in [0.1, 0.15) is 57.6 Å². The number of benzene rings is 1. The lowest BCUT2D eigenvalue weighted by atomic mass is 9.97. The minimum atomic E-state index is -0.830. The van der Waals surface area contributed by atoms with Crippen LogP contribution >= 0.6 is 0 Å². The molecule has 0 spiro atoms. The summed E-state index contributed by atoms with van der Waals surface area (Å²) in [6, 6.07) is 10.0. The van der Waals surface area contributed by atoms with Gasteiger partial charge < -0.3 is 5.73 Å². The molecule has 2 nitrogen and oxygen atoms in total. The molecule has 0 heterocycles. The molecule has 112 valence electrons. The average molecular weight is 293 g/mol. The molecule has 1 fully saturated rings. The number of hydrogen-bond acceptors (Lipinski definition) is 2. The van der Waals surface area contributed by atoms with Gasteiger partial charge in [-0.15, -0.1) is 0 Å². The third kappa shape index (κ3) is 3.70. The summed E-state index contributed by atoms with van der Waals surface area (Å²) in [7, 11) is -0.830. The highest BCUT2D eigenvalue weighted by atomic mass is 32.2. The van der Waals surface area contributed by atoms with Gasteiger partial charge in [0.1, 0.15) is 0 Å². The van der Waals surface area contributed by atoms with Crippen LogP contribution in [-0.4, -0.2) is 14.7 Å². The maximum absolute atomic E-state index is 13.0. The number of rotatable bonds is 5. The normalized spacial score (nSPS) is 21.6. The highest BCUT2D eigenvalue weighted by Crippen LogP contribution is 2.31. The van der Waals surface area contributed by atoms with E-state index < -0.39 is 10.8 Å². The van der Waals surface area contributed by atoms with Crippen LogP contribution in [0.4, 0.5) is 0 Å². The molecule has 0 aliphatic heterocycles. The predicted octanol–water partition coefficient (Wildman–Crippen LogP) is 3.79. The first kappa shape index (κ1) is 15.7. The maximum Gasteiger partial charge on any atom is 0.0566 e. The first-order valence-electron chi connectivity index (χ1n) is 7.81. The Balaban J connectivity index is 2.15. The van der Waals surface area contributed by atoms with Crippen molar-refractivity contribution in [1.29, 1.82) is 0 Å². The highest BCUT2D eigenvalue weighted by molar-refractivity contribution is 7.86. The van der Waals surface area contributed by atoms with Gasteiger partial charge >= 0.3 is 0 Å². The molecule has 3 unspecified atom stereocenters. The Bertz CT molecular complexity index is 426. The van der Waals surface area contributed by atoms with E-state index in [0.717, 1.165) is 18.4 Å². The van der Waals surface area contributed by atoms with Gasteiger partial charge in [-0.1, -0.05) is 63.4 Å². The number of nitrogens with two attached hydrogens (primary N) is 1.